The van der Waals surface area contributed by atoms with E-state index in [1.807, 2.05) is 0 Å². The Hall–Kier alpha value is -2.15. The normalized spacial score (nSPS) is 12.1. The maximum absolute atomic E-state index is 11.7. The Morgan fingerprint density at radius 1 is 1.22 bits per heavy atom. The molecule has 18 heavy (non-hydrogen) atoms. The first-order valence-corrected chi connectivity index (χ1v) is 7.13. The van der Waals surface area contributed by atoms with Crippen molar-refractivity contribution in [2.75, 3.05) is 6.26 Å². The summed E-state index contributed by atoms with van der Waals surface area (Å²) in [6.07, 6.45) is 2.78. The van der Waals surface area contributed by atoms with Crippen molar-refractivity contribution < 1.29 is 8.42 Å². The van der Waals surface area contributed by atoms with Crippen LogP contribution in [0, 0.1) is 0 Å². The van der Waals surface area contributed by atoms with Crippen LogP contribution in [0.4, 0.5) is 0 Å². The molecule has 2 aromatic heterocycles. The quantitative estimate of drug-likeness (QED) is 0.729. The molecule has 0 unspecified atom stereocenters. The first-order chi connectivity index (χ1) is 8.55. The van der Waals surface area contributed by atoms with Gasteiger partial charge in [-0.1, -0.05) is 6.07 Å². The van der Waals surface area contributed by atoms with Crippen molar-refractivity contribution in [3.63, 3.8) is 0 Å². The zero-order valence-corrected chi connectivity index (χ0v) is 10.3. The number of benzene rings is 1. The third-order valence-electron chi connectivity index (χ3n) is 2.63. The maximum Gasteiger partial charge on any atom is 0.177 e. The fourth-order valence-electron chi connectivity index (χ4n) is 1.82. The van der Waals surface area contributed by atoms with Crippen LogP contribution in [0.5, 0.6) is 0 Å². The summed E-state index contributed by atoms with van der Waals surface area (Å²) in [5.74, 6) is 0.568. The predicted molar refractivity (Wildman–Crippen MR) is 66.8 cm³/mol. The highest BCUT2D eigenvalue weighted by Crippen LogP contribution is 2.24. The Morgan fingerprint density at radius 2 is 2.06 bits per heavy atom. The van der Waals surface area contributed by atoms with Gasteiger partial charge in [0.2, 0.25) is 0 Å². The monoisotopic (exact) mass is 262 g/mol. The molecule has 0 bridgehead atoms. The number of rotatable bonds is 2. The Morgan fingerprint density at radius 3 is 2.72 bits per heavy atom. The number of sulfone groups is 1. The first-order valence-electron chi connectivity index (χ1n) is 5.24. The fraction of sp³-hybridized carbons (Fsp3) is 0.0909. The Bertz CT molecular complexity index is 803. The number of imidazole rings is 1. The topological polar surface area (TPSA) is 91.5 Å². The molecule has 6 nitrogen and oxygen atoms in total. The molecule has 0 amide bonds. The van der Waals surface area contributed by atoms with Crippen LogP contribution >= 0.6 is 0 Å². The molecular weight excluding hydrogens is 252 g/mol. The van der Waals surface area contributed by atoms with Gasteiger partial charge in [-0.15, -0.1) is 0 Å². The lowest BCUT2D eigenvalue weighted by Crippen LogP contribution is -1.97. The number of nitrogens with one attached hydrogen (secondary N) is 2. The minimum Gasteiger partial charge on any atom is -0.337 e. The van der Waals surface area contributed by atoms with Gasteiger partial charge in [0.1, 0.15) is 11.2 Å². The molecule has 2 heterocycles. The van der Waals surface area contributed by atoms with Crippen LogP contribution in [0.15, 0.2) is 35.4 Å². The predicted octanol–water partition coefficient (Wildman–Crippen LogP) is 1.36. The molecule has 0 saturated heterocycles. The molecule has 92 valence electrons. The molecule has 0 aliphatic carbocycles. The summed E-state index contributed by atoms with van der Waals surface area (Å²) >= 11 is 0. The van der Waals surface area contributed by atoms with E-state index in [9.17, 15) is 8.42 Å². The van der Waals surface area contributed by atoms with E-state index in [0.29, 0.717) is 22.6 Å². The molecule has 0 atom stereocenters. The number of hydrogen-bond acceptors (Lipinski definition) is 4. The lowest BCUT2D eigenvalue weighted by atomic mass is 10.3. The van der Waals surface area contributed by atoms with Crippen molar-refractivity contribution >= 4 is 20.9 Å². The van der Waals surface area contributed by atoms with Gasteiger partial charge in [-0.2, -0.15) is 5.10 Å². The summed E-state index contributed by atoms with van der Waals surface area (Å²) in [5.41, 5.74) is 1.85. The Balaban J connectivity index is 2.31. The highest BCUT2D eigenvalue weighted by Gasteiger charge is 2.15. The molecule has 3 rings (SSSR count). The second-order valence-corrected chi connectivity index (χ2v) is 5.96. The third kappa shape index (κ3) is 1.68. The lowest BCUT2D eigenvalue weighted by molar-refractivity contribution is 0.602. The highest BCUT2D eigenvalue weighted by molar-refractivity contribution is 7.91. The summed E-state index contributed by atoms with van der Waals surface area (Å²) in [4.78, 5) is 7.60. The smallest absolute Gasteiger partial charge is 0.177 e. The highest BCUT2D eigenvalue weighted by atomic mass is 32.2. The number of fused-ring (bicyclic) bond motifs is 1. The molecule has 7 heteroatoms. The molecule has 0 saturated carbocycles. The third-order valence-corrected chi connectivity index (χ3v) is 3.76. The average molecular weight is 262 g/mol. The average Bonchev–Trinajstić information content (AvgIpc) is 2.95. The number of H-pyrrole nitrogens is 2. The number of para-hydroxylation sites is 1. The summed E-state index contributed by atoms with van der Waals surface area (Å²) in [6, 6.07) is 6.79. The summed E-state index contributed by atoms with van der Waals surface area (Å²) in [5, 5.41) is 6.62. The first kappa shape index (κ1) is 11.0. The van der Waals surface area contributed by atoms with Crippen molar-refractivity contribution in [3.05, 3.63) is 30.5 Å². The molecule has 0 aliphatic rings. The van der Waals surface area contributed by atoms with Gasteiger partial charge in [-0.3, -0.25) is 5.10 Å². The van der Waals surface area contributed by atoms with E-state index >= 15 is 0 Å². The molecule has 0 aliphatic heterocycles. The van der Waals surface area contributed by atoms with Crippen LogP contribution in [0.25, 0.3) is 22.6 Å². The largest absolute Gasteiger partial charge is 0.337 e. The van der Waals surface area contributed by atoms with Crippen LogP contribution in [-0.2, 0) is 9.84 Å². The van der Waals surface area contributed by atoms with E-state index in [-0.39, 0.29) is 4.90 Å². The van der Waals surface area contributed by atoms with Gasteiger partial charge in [-0.25, -0.2) is 13.4 Å². The minimum absolute atomic E-state index is 0.224. The van der Waals surface area contributed by atoms with Crippen LogP contribution in [-0.4, -0.2) is 34.8 Å². The zero-order valence-electron chi connectivity index (χ0n) is 9.51. The van der Waals surface area contributed by atoms with Crippen molar-refractivity contribution in [2.24, 2.45) is 0 Å². The van der Waals surface area contributed by atoms with Crippen LogP contribution in [0.2, 0.25) is 0 Å². The van der Waals surface area contributed by atoms with E-state index in [4.69, 9.17) is 0 Å². The SMILES string of the molecule is CS(=O)(=O)c1cccc2[nH]c(-c3ccn[nH]3)nc12. The maximum atomic E-state index is 11.7. The number of aromatic amines is 2. The van der Waals surface area contributed by atoms with Crippen LogP contribution in [0.3, 0.4) is 0 Å². The second-order valence-electron chi connectivity index (χ2n) is 3.98. The van der Waals surface area contributed by atoms with Gasteiger partial charge in [0.25, 0.3) is 0 Å². The molecular formula is C11H10N4O2S. The molecule has 2 N–H and O–H groups in total. The van der Waals surface area contributed by atoms with Gasteiger partial charge in [0.05, 0.1) is 10.4 Å². The lowest BCUT2D eigenvalue weighted by Gasteiger charge is -1.97. The number of nitrogens with zero attached hydrogens (tertiary/aromatic N) is 2. The number of aromatic nitrogens is 4. The number of hydrogen-bond donors (Lipinski definition) is 2. The summed E-state index contributed by atoms with van der Waals surface area (Å²) < 4.78 is 23.3. The van der Waals surface area contributed by atoms with Crippen molar-refractivity contribution in [2.45, 2.75) is 4.90 Å². The van der Waals surface area contributed by atoms with E-state index < -0.39 is 9.84 Å². The molecule has 0 fully saturated rings. The van der Waals surface area contributed by atoms with E-state index in [2.05, 4.69) is 20.2 Å². The molecule has 0 radical (unpaired) electrons. The summed E-state index contributed by atoms with van der Waals surface area (Å²) in [6.45, 7) is 0. The van der Waals surface area contributed by atoms with Gasteiger partial charge in [-0.05, 0) is 18.2 Å². The van der Waals surface area contributed by atoms with Crippen molar-refractivity contribution in [3.8, 4) is 11.5 Å². The Kier molecular flexibility index (Phi) is 2.24. The van der Waals surface area contributed by atoms with Crippen molar-refractivity contribution in [1.82, 2.24) is 20.2 Å². The van der Waals surface area contributed by atoms with E-state index in [0.717, 1.165) is 0 Å². The van der Waals surface area contributed by atoms with Crippen LogP contribution < -0.4 is 0 Å². The second kappa shape index (κ2) is 3.67. The van der Waals surface area contributed by atoms with Crippen LogP contribution in [0.1, 0.15) is 0 Å². The van der Waals surface area contributed by atoms with Gasteiger partial charge < -0.3 is 4.98 Å². The molecule has 3 aromatic rings. The molecule has 1 aromatic carbocycles. The zero-order chi connectivity index (χ0) is 12.8. The fourth-order valence-corrected chi connectivity index (χ4v) is 2.65. The van der Waals surface area contributed by atoms with Gasteiger partial charge in [0, 0.05) is 12.5 Å². The van der Waals surface area contributed by atoms with Gasteiger partial charge in [0.15, 0.2) is 15.7 Å². The standard InChI is InChI=1S/C11H10N4O2S/c1-18(16,17)9-4-2-3-7-10(9)14-11(13-7)8-5-6-12-15-8/h2-6H,1H3,(H,12,15)(H,13,14). The van der Waals surface area contributed by atoms with Crippen molar-refractivity contribution in [1.29, 1.82) is 0 Å². The minimum atomic E-state index is -3.29. The van der Waals surface area contributed by atoms with E-state index in [1.165, 1.54) is 6.26 Å². The molecule has 0 spiro atoms. The Labute approximate surface area is 103 Å². The van der Waals surface area contributed by atoms with E-state index in [1.54, 1.807) is 30.5 Å². The van der Waals surface area contributed by atoms with Gasteiger partial charge >= 0.3 is 0 Å². The summed E-state index contributed by atoms with van der Waals surface area (Å²) in [7, 11) is -3.29.